The number of nitrogens with one attached hydrogen (secondary N) is 1. The fourth-order valence-corrected chi connectivity index (χ4v) is 2.86. The molecule has 4 heteroatoms. The Morgan fingerprint density at radius 2 is 1.71 bits per heavy atom. The summed E-state index contributed by atoms with van der Waals surface area (Å²) >= 11 is 0. The van der Waals surface area contributed by atoms with Gasteiger partial charge in [0.15, 0.2) is 5.82 Å². The number of aliphatic hydroxyl groups excluding tert-OH is 1. The molecule has 0 bridgehead atoms. The molecule has 0 fully saturated rings. The van der Waals surface area contributed by atoms with Crippen molar-refractivity contribution in [2.45, 2.75) is 0 Å². The Morgan fingerprint density at radius 1 is 0.958 bits per heavy atom. The second kappa shape index (κ2) is 5.56. The summed E-state index contributed by atoms with van der Waals surface area (Å²) in [6, 6.07) is 23.0. The lowest BCUT2D eigenvalue weighted by Crippen LogP contribution is -1.93. The van der Waals surface area contributed by atoms with Crippen molar-refractivity contribution in [3.8, 4) is 6.07 Å². The Morgan fingerprint density at radius 3 is 2.54 bits per heavy atom. The molecule has 0 unspecified atom stereocenters. The molecule has 0 aliphatic rings. The number of nitrogens with zero attached hydrogens (tertiary/aromatic N) is 2. The molecular formula is C20H13N3O. The average molecular weight is 311 g/mol. The zero-order valence-electron chi connectivity index (χ0n) is 12.7. The van der Waals surface area contributed by atoms with Gasteiger partial charge in [-0.2, -0.15) is 5.26 Å². The van der Waals surface area contributed by atoms with Crippen LogP contribution in [0.15, 0.2) is 66.7 Å². The first-order chi connectivity index (χ1) is 11.8. The number of hydrogen-bond donors (Lipinski definition) is 2. The van der Waals surface area contributed by atoms with Gasteiger partial charge in [0, 0.05) is 5.56 Å². The van der Waals surface area contributed by atoms with Gasteiger partial charge in [0.1, 0.15) is 17.4 Å². The number of benzene rings is 3. The number of fused-ring (bicyclic) bond motifs is 2. The van der Waals surface area contributed by atoms with Crippen molar-refractivity contribution in [1.82, 2.24) is 9.97 Å². The number of aliphatic hydroxyl groups is 1. The standard InChI is InChI=1S/C20H13N3O/c21-12-16(20-22-17-10-3-4-11-18(17)23-20)19(24)15-9-5-7-13-6-1-2-8-14(13)15/h1-11,24H,(H,22,23). The largest absolute Gasteiger partial charge is 0.506 e. The highest BCUT2D eigenvalue weighted by molar-refractivity contribution is 6.01. The average Bonchev–Trinajstić information content (AvgIpc) is 3.05. The fourth-order valence-electron chi connectivity index (χ4n) is 2.86. The minimum absolute atomic E-state index is 0.0756. The molecule has 0 aliphatic carbocycles. The maximum Gasteiger partial charge on any atom is 0.153 e. The number of rotatable bonds is 2. The molecule has 0 amide bonds. The first-order valence-electron chi connectivity index (χ1n) is 7.54. The Hall–Kier alpha value is -3.58. The van der Waals surface area contributed by atoms with E-state index in [1.165, 1.54) is 0 Å². The molecule has 4 nitrogen and oxygen atoms in total. The van der Waals surface area contributed by atoms with Crippen LogP contribution >= 0.6 is 0 Å². The molecule has 24 heavy (non-hydrogen) atoms. The SMILES string of the molecule is N#CC(=C(O)c1cccc2ccccc12)c1nc2ccccc2[nH]1. The predicted octanol–water partition coefficient (Wildman–Crippen LogP) is 4.67. The van der Waals surface area contributed by atoms with Crippen molar-refractivity contribution in [3.63, 3.8) is 0 Å². The van der Waals surface area contributed by atoms with Crippen molar-refractivity contribution in [1.29, 1.82) is 5.26 Å². The zero-order valence-corrected chi connectivity index (χ0v) is 12.7. The third-order valence-electron chi connectivity index (χ3n) is 4.02. The van der Waals surface area contributed by atoms with Crippen molar-refractivity contribution < 1.29 is 5.11 Å². The number of H-pyrrole nitrogens is 1. The van der Waals surface area contributed by atoms with Gasteiger partial charge >= 0.3 is 0 Å². The van der Waals surface area contributed by atoms with E-state index in [1.54, 1.807) is 6.07 Å². The molecule has 0 atom stereocenters. The van der Waals surface area contributed by atoms with Crippen molar-refractivity contribution in [2.75, 3.05) is 0 Å². The van der Waals surface area contributed by atoms with Crippen LogP contribution < -0.4 is 0 Å². The molecule has 1 aromatic heterocycles. The summed E-state index contributed by atoms with van der Waals surface area (Å²) in [4.78, 5) is 7.51. The minimum Gasteiger partial charge on any atom is -0.506 e. The summed E-state index contributed by atoms with van der Waals surface area (Å²) in [6.45, 7) is 0. The maximum absolute atomic E-state index is 10.8. The number of imidazole rings is 1. The lowest BCUT2D eigenvalue weighted by Gasteiger charge is -2.07. The summed E-state index contributed by atoms with van der Waals surface area (Å²) in [6.07, 6.45) is 0. The quantitative estimate of drug-likeness (QED) is 0.417. The van der Waals surface area contributed by atoms with Crippen molar-refractivity contribution in [2.24, 2.45) is 0 Å². The monoisotopic (exact) mass is 311 g/mol. The Balaban J connectivity index is 1.96. The molecule has 0 spiro atoms. The molecule has 4 rings (SSSR count). The molecule has 4 aromatic rings. The second-order valence-electron chi connectivity index (χ2n) is 5.46. The molecule has 0 radical (unpaired) electrons. The highest BCUT2D eigenvalue weighted by Crippen LogP contribution is 2.29. The smallest absolute Gasteiger partial charge is 0.153 e. The van der Waals surface area contributed by atoms with Crippen LogP contribution in [0.1, 0.15) is 11.4 Å². The summed E-state index contributed by atoms with van der Waals surface area (Å²) in [5.41, 5.74) is 2.32. The third-order valence-corrected chi connectivity index (χ3v) is 4.02. The van der Waals surface area contributed by atoms with Crippen LogP contribution in [-0.4, -0.2) is 15.1 Å². The van der Waals surface area contributed by atoms with E-state index in [9.17, 15) is 10.4 Å². The lowest BCUT2D eigenvalue weighted by molar-refractivity contribution is 0.514. The van der Waals surface area contributed by atoms with Gasteiger partial charge in [0.05, 0.1) is 11.0 Å². The first kappa shape index (κ1) is 14.0. The van der Waals surface area contributed by atoms with Crippen molar-refractivity contribution in [3.05, 3.63) is 78.1 Å². The van der Waals surface area contributed by atoms with Crippen LogP contribution in [0.25, 0.3) is 33.1 Å². The predicted molar refractivity (Wildman–Crippen MR) is 95.1 cm³/mol. The lowest BCUT2D eigenvalue weighted by atomic mass is 10.0. The van der Waals surface area contributed by atoms with E-state index in [4.69, 9.17) is 0 Å². The van der Waals surface area contributed by atoms with E-state index in [0.29, 0.717) is 11.4 Å². The topological polar surface area (TPSA) is 72.7 Å². The van der Waals surface area contributed by atoms with Crippen LogP contribution in [-0.2, 0) is 0 Å². The van der Waals surface area contributed by atoms with Gasteiger partial charge in [0.2, 0.25) is 0 Å². The molecule has 1 heterocycles. The molecule has 0 saturated heterocycles. The van der Waals surface area contributed by atoms with Crippen LogP contribution in [0.2, 0.25) is 0 Å². The number of aromatic amines is 1. The van der Waals surface area contributed by atoms with E-state index in [0.717, 1.165) is 21.8 Å². The number of para-hydroxylation sites is 2. The van der Waals surface area contributed by atoms with Gasteiger partial charge in [-0.15, -0.1) is 0 Å². The van der Waals surface area contributed by atoms with E-state index in [-0.39, 0.29) is 11.3 Å². The number of aromatic nitrogens is 2. The fraction of sp³-hybridized carbons (Fsp3) is 0. The summed E-state index contributed by atoms with van der Waals surface area (Å²) in [5, 5.41) is 22.2. The van der Waals surface area contributed by atoms with Gasteiger partial charge in [-0.3, -0.25) is 0 Å². The normalized spacial score (nSPS) is 12.1. The number of nitriles is 1. The summed E-state index contributed by atoms with van der Waals surface area (Å²) in [7, 11) is 0. The van der Waals surface area contributed by atoms with E-state index < -0.39 is 0 Å². The summed E-state index contributed by atoms with van der Waals surface area (Å²) in [5.74, 6) is 0.289. The Kier molecular flexibility index (Phi) is 3.25. The second-order valence-corrected chi connectivity index (χ2v) is 5.46. The van der Waals surface area contributed by atoms with Crippen LogP contribution in [0.3, 0.4) is 0 Å². The Labute approximate surface area is 138 Å². The Bertz CT molecular complexity index is 1090. The highest BCUT2D eigenvalue weighted by atomic mass is 16.3. The van der Waals surface area contributed by atoms with E-state index in [1.807, 2.05) is 60.7 Å². The summed E-state index contributed by atoms with van der Waals surface area (Å²) < 4.78 is 0. The van der Waals surface area contributed by atoms with Crippen molar-refractivity contribution >= 4 is 33.1 Å². The zero-order chi connectivity index (χ0) is 16.5. The van der Waals surface area contributed by atoms with Gasteiger partial charge < -0.3 is 10.1 Å². The first-order valence-corrected chi connectivity index (χ1v) is 7.54. The molecule has 3 aromatic carbocycles. The van der Waals surface area contributed by atoms with Crippen LogP contribution in [0.4, 0.5) is 0 Å². The van der Waals surface area contributed by atoms with Crippen LogP contribution in [0.5, 0.6) is 0 Å². The van der Waals surface area contributed by atoms with Gasteiger partial charge in [-0.25, -0.2) is 4.98 Å². The maximum atomic E-state index is 10.8. The van der Waals surface area contributed by atoms with Gasteiger partial charge in [0.25, 0.3) is 0 Å². The third kappa shape index (κ3) is 2.20. The van der Waals surface area contributed by atoms with Crippen LogP contribution in [0, 0.1) is 11.3 Å². The number of hydrogen-bond acceptors (Lipinski definition) is 3. The van der Waals surface area contributed by atoms with Gasteiger partial charge in [-0.05, 0) is 22.9 Å². The highest BCUT2D eigenvalue weighted by Gasteiger charge is 2.16. The molecule has 2 N–H and O–H groups in total. The minimum atomic E-state index is -0.0756. The number of allylic oxidation sites excluding steroid dienone is 1. The molecular weight excluding hydrogens is 298 g/mol. The van der Waals surface area contributed by atoms with E-state index >= 15 is 0 Å². The van der Waals surface area contributed by atoms with E-state index in [2.05, 4.69) is 16.0 Å². The van der Waals surface area contributed by atoms with Gasteiger partial charge in [-0.1, -0.05) is 54.6 Å². The molecule has 0 aliphatic heterocycles. The molecule has 114 valence electrons. The molecule has 0 saturated carbocycles.